The third-order valence-corrected chi connectivity index (χ3v) is 2.08. The Balaban J connectivity index is 2.53. The lowest BCUT2D eigenvalue weighted by molar-refractivity contribution is 0.0488. The molecule has 1 aromatic rings. The Kier molecular flexibility index (Phi) is 5.25. The van der Waals surface area contributed by atoms with Gasteiger partial charge in [0, 0.05) is 19.8 Å². The molecule has 3 N–H and O–H groups in total. The molecule has 0 radical (unpaired) electrons. The van der Waals surface area contributed by atoms with Gasteiger partial charge < -0.3 is 15.6 Å². The van der Waals surface area contributed by atoms with Crippen LogP contribution in [0.1, 0.15) is 18.1 Å². The van der Waals surface area contributed by atoms with E-state index in [1.807, 2.05) is 0 Å². The molecule has 0 aromatic heterocycles. The van der Waals surface area contributed by atoms with Crippen LogP contribution < -0.4 is 5.73 Å². The van der Waals surface area contributed by atoms with Gasteiger partial charge in [-0.15, -0.1) is 0 Å². The SMILES string of the molecule is NCC(OCCCO)c1ccc(F)cc1. The number of rotatable bonds is 6. The van der Waals surface area contributed by atoms with E-state index in [9.17, 15) is 4.39 Å². The van der Waals surface area contributed by atoms with Crippen LogP contribution in [0.15, 0.2) is 24.3 Å². The average Bonchev–Trinajstić information content (AvgIpc) is 2.26. The summed E-state index contributed by atoms with van der Waals surface area (Å²) in [6.45, 7) is 0.896. The second kappa shape index (κ2) is 6.50. The maximum atomic E-state index is 12.7. The van der Waals surface area contributed by atoms with Crippen molar-refractivity contribution >= 4 is 0 Å². The first-order valence-electron chi connectivity index (χ1n) is 4.96. The number of ether oxygens (including phenoxy) is 1. The van der Waals surface area contributed by atoms with E-state index in [2.05, 4.69) is 0 Å². The van der Waals surface area contributed by atoms with E-state index in [-0.39, 0.29) is 18.5 Å². The number of nitrogens with two attached hydrogens (primary N) is 1. The summed E-state index contributed by atoms with van der Waals surface area (Å²) in [7, 11) is 0. The van der Waals surface area contributed by atoms with E-state index < -0.39 is 0 Å². The molecule has 1 aromatic carbocycles. The number of hydrogen-bond donors (Lipinski definition) is 2. The Morgan fingerprint density at radius 2 is 2.00 bits per heavy atom. The Labute approximate surface area is 88.7 Å². The third kappa shape index (κ3) is 3.95. The van der Waals surface area contributed by atoms with Crippen LogP contribution in [0.2, 0.25) is 0 Å². The molecule has 0 aliphatic rings. The van der Waals surface area contributed by atoms with Crippen molar-refractivity contribution in [1.82, 2.24) is 0 Å². The minimum Gasteiger partial charge on any atom is -0.396 e. The van der Waals surface area contributed by atoms with Gasteiger partial charge in [-0.25, -0.2) is 4.39 Å². The quantitative estimate of drug-likeness (QED) is 0.699. The van der Waals surface area contributed by atoms with Gasteiger partial charge in [0.15, 0.2) is 0 Å². The van der Waals surface area contributed by atoms with Crippen LogP contribution in [-0.2, 0) is 4.74 Å². The van der Waals surface area contributed by atoms with E-state index in [1.54, 1.807) is 12.1 Å². The van der Waals surface area contributed by atoms with Crippen molar-refractivity contribution in [2.45, 2.75) is 12.5 Å². The van der Waals surface area contributed by atoms with Crippen LogP contribution in [-0.4, -0.2) is 24.9 Å². The van der Waals surface area contributed by atoms with Crippen LogP contribution in [0.3, 0.4) is 0 Å². The second-order valence-corrected chi connectivity index (χ2v) is 3.22. The number of aliphatic hydroxyl groups excluding tert-OH is 1. The predicted molar refractivity (Wildman–Crippen MR) is 55.9 cm³/mol. The van der Waals surface area contributed by atoms with E-state index >= 15 is 0 Å². The predicted octanol–water partition coefficient (Wildman–Crippen LogP) is 1.22. The highest BCUT2D eigenvalue weighted by molar-refractivity contribution is 5.18. The van der Waals surface area contributed by atoms with Crippen molar-refractivity contribution in [2.24, 2.45) is 5.73 Å². The minimum atomic E-state index is -0.273. The summed E-state index contributed by atoms with van der Waals surface area (Å²) in [4.78, 5) is 0. The number of aliphatic hydroxyl groups is 1. The molecule has 0 fully saturated rings. The minimum absolute atomic E-state index is 0.0979. The molecule has 0 saturated carbocycles. The molecule has 1 rings (SSSR count). The van der Waals surface area contributed by atoms with Crippen molar-refractivity contribution in [3.8, 4) is 0 Å². The van der Waals surface area contributed by atoms with Gasteiger partial charge in [-0.2, -0.15) is 0 Å². The molecule has 4 heteroatoms. The summed E-state index contributed by atoms with van der Waals surface area (Å²) in [5, 5.41) is 8.60. The van der Waals surface area contributed by atoms with E-state index in [4.69, 9.17) is 15.6 Å². The largest absolute Gasteiger partial charge is 0.396 e. The molecule has 3 nitrogen and oxygen atoms in total. The van der Waals surface area contributed by atoms with Crippen molar-refractivity contribution in [2.75, 3.05) is 19.8 Å². The molecule has 0 spiro atoms. The smallest absolute Gasteiger partial charge is 0.123 e. The second-order valence-electron chi connectivity index (χ2n) is 3.22. The van der Waals surface area contributed by atoms with Crippen LogP contribution in [0.5, 0.6) is 0 Å². The lowest BCUT2D eigenvalue weighted by atomic mass is 10.1. The van der Waals surface area contributed by atoms with Gasteiger partial charge in [0.05, 0.1) is 6.10 Å². The molecule has 0 bridgehead atoms. The van der Waals surface area contributed by atoms with Crippen molar-refractivity contribution in [3.05, 3.63) is 35.6 Å². The maximum Gasteiger partial charge on any atom is 0.123 e. The van der Waals surface area contributed by atoms with Gasteiger partial charge in [0.2, 0.25) is 0 Å². The van der Waals surface area contributed by atoms with E-state index in [0.29, 0.717) is 19.6 Å². The fourth-order valence-electron chi connectivity index (χ4n) is 1.27. The normalized spacial score (nSPS) is 12.7. The third-order valence-electron chi connectivity index (χ3n) is 2.08. The fourth-order valence-corrected chi connectivity index (χ4v) is 1.27. The number of halogens is 1. The summed E-state index contributed by atoms with van der Waals surface area (Å²) < 4.78 is 18.1. The Bertz CT molecular complexity index is 276. The van der Waals surface area contributed by atoms with Gasteiger partial charge >= 0.3 is 0 Å². The van der Waals surface area contributed by atoms with Gasteiger partial charge in [-0.3, -0.25) is 0 Å². The molecule has 84 valence electrons. The highest BCUT2D eigenvalue weighted by atomic mass is 19.1. The Hall–Kier alpha value is -0.970. The Morgan fingerprint density at radius 3 is 2.53 bits per heavy atom. The monoisotopic (exact) mass is 213 g/mol. The van der Waals surface area contributed by atoms with Crippen LogP contribution in [0.4, 0.5) is 4.39 Å². The molecule has 15 heavy (non-hydrogen) atoms. The topological polar surface area (TPSA) is 55.5 Å². The number of benzene rings is 1. The lowest BCUT2D eigenvalue weighted by Crippen LogP contribution is -2.16. The molecule has 0 amide bonds. The van der Waals surface area contributed by atoms with Crippen molar-refractivity contribution in [1.29, 1.82) is 0 Å². The lowest BCUT2D eigenvalue weighted by Gasteiger charge is -2.15. The molecular weight excluding hydrogens is 197 g/mol. The molecule has 0 saturated heterocycles. The maximum absolute atomic E-state index is 12.7. The summed E-state index contributed by atoms with van der Waals surface area (Å²) in [5.74, 6) is -0.273. The Morgan fingerprint density at radius 1 is 1.33 bits per heavy atom. The highest BCUT2D eigenvalue weighted by Crippen LogP contribution is 2.16. The zero-order valence-electron chi connectivity index (χ0n) is 8.53. The first-order valence-corrected chi connectivity index (χ1v) is 4.96. The molecule has 0 aliphatic heterocycles. The summed E-state index contributed by atoms with van der Waals surface area (Å²) in [5.41, 5.74) is 6.40. The van der Waals surface area contributed by atoms with Gasteiger partial charge in [0.25, 0.3) is 0 Å². The molecular formula is C11H16FNO2. The number of hydrogen-bond acceptors (Lipinski definition) is 3. The zero-order chi connectivity index (χ0) is 11.1. The first kappa shape index (κ1) is 12.1. The van der Waals surface area contributed by atoms with Gasteiger partial charge in [-0.05, 0) is 24.1 Å². The highest BCUT2D eigenvalue weighted by Gasteiger charge is 2.09. The van der Waals surface area contributed by atoms with E-state index in [0.717, 1.165) is 5.56 Å². The summed E-state index contributed by atoms with van der Waals surface area (Å²) >= 11 is 0. The molecule has 0 aliphatic carbocycles. The molecule has 0 heterocycles. The van der Waals surface area contributed by atoms with Crippen LogP contribution in [0.25, 0.3) is 0 Å². The summed E-state index contributed by atoms with van der Waals surface area (Å²) in [6, 6.07) is 6.08. The standard InChI is InChI=1S/C11H16FNO2/c12-10-4-2-9(3-5-10)11(8-13)15-7-1-6-14/h2-5,11,14H,1,6-8,13H2. The van der Waals surface area contributed by atoms with Crippen molar-refractivity contribution < 1.29 is 14.2 Å². The molecule has 1 unspecified atom stereocenters. The van der Waals surface area contributed by atoms with Gasteiger partial charge in [-0.1, -0.05) is 12.1 Å². The van der Waals surface area contributed by atoms with Gasteiger partial charge in [0.1, 0.15) is 5.82 Å². The zero-order valence-corrected chi connectivity index (χ0v) is 8.53. The molecule has 1 atom stereocenters. The van der Waals surface area contributed by atoms with Crippen molar-refractivity contribution in [3.63, 3.8) is 0 Å². The summed E-state index contributed by atoms with van der Waals surface area (Å²) in [6.07, 6.45) is 0.356. The first-order chi connectivity index (χ1) is 7.27. The fraction of sp³-hybridized carbons (Fsp3) is 0.455. The van der Waals surface area contributed by atoms with Crippen LogP contribution in [0, 0.1) is 5.82 Å². The van der Waals surface area contributed by atoms with Crippen LogP contribution >= 0.6 is 0 Å². The average molecular weight is 213 g/mol. The van der Waals surface area contributed by atoms with E-state index in [1.165, 1.54) is 12.1 Å².